The Morgan fingerprint density at radius 3 is 1.31 bits per heavy atom. The van der Waals surface area contributed by atoms with E-state index >= 15 is 0 Å². The number of hydrogen-bond acceptors (Lipinski definition) is 5. The molecule has 0 aromatic heterocycles. The zero-order valence-electron chi connectivity index (χ0n) is 8.17. The Bertz CT molecular complexity index is 143. The molecule has 0 bridgehead atoms. The summed E-state index contributed by atoms with van der Waals surface area (Å²) in [7, 11) is 3.55. The fourth-order valence-electron chi connectivity index (χ4n) is 0.312. The van der Waals surface area contributed by atoms with E-state index in [0.717, 1.165) is 0 Å². The first-order chi connectivity index (χ1) is 5.62. The standard InChI is InChI=1S/C6H16NO2.NO3/c1-5(8)7(3,4)6(2)9;2-1(3)4/h5-6,8-9H,1-4H3;/q+1;-1. The van der Waals surface area contributed by atoms with Gasteiger partial charge in [0.2, 0.25) is 0 Å². The molecule has 0 aliphatic rings. The first-order valence-corrected chi connectivity index (χ1v) is 3.63. The lowest BCUT2D eigenvalue weighted by atomic mass is 10.4. The average molecular weight is 196 g/mol. The molecule has 0 aliphatic heterocycles. The van der Waals surface area contributed by atoms with Gasteiger partial charge in [0.25, 0.3) is 0 Å². The summed E-state index contributed by atoms with van der Waals surface area (Å²) >= 11 is 0. The van der Waals surface area contributed by atoms with Gasteiger partial charge in [-0.05, 0) is 0 Å². The van der Waals surface area contributed by atoms with Gasteiger partial charge in [0.1, 0.15) is 0 Å². The fourth-order valence-corrected chi connectivity index (χ4v) is 0.312. The minimum Gasteiger partial charge on any atom is -0.356 e. The third-order valence-electron chi connectivity index (χ3n) is 1.93. The van der Waals surface area contributed by atoms with Crippen LogP contribution < -0.4 is 0 Å². The number of rotatable bonds is 2. The molecule has 0 radical (unpaired) electrons. The van der Waals surface area contributed by atoms with Crippen LogP contribution in [0.2, 0.25) is 0 Å². The van der Waals surface area contributed by atoms with E-state index in [9.17, 15) is 0 Å². The van der Waals surface area contributed by atoms with Crippen LogP contribution in [0.5, 0.6) is 0 Å². The monoisotopic (exact) mass is 196 g/mol. The van der Waals surface area contributed by atoms with Crippen molar-refractivity contribution in [2.24, 2.45) is 0 Å². The molecule has 0 amide bonds. The molecule has 0 aromatic rings. The number of quaternary nitrogens is 1. The molecule has 0 spiro atoms. The lowest BCUT2D eigenvalue weighted by Gasteiger charge is -2.35. The van der Waals surface area contributed by atoms with Crippen molar-refractivity contribution in [3.05, 3.63) is 15.3 Å². The van der Waals surface area contributed by atoms with Crippen LogP contribution in [0.1, 0.15) is 13.8 Å². The molecule has 13 heavy (non-hydrogen) atoms. The van der Waals surface area contributed by atoms with Gasteiger partial charge in [-0.1, -0.05) is 0 Å². The van der Waals surface area contributed by atoms with Gasteiger partial charge in [-0.25, -0.2) is 0 Å². The third-order valence-corrected chi connectivity index (χ3v) is 1.93. The van der Waals surface area contributed by atoms with Gasteiger partial charge in [0, 0.05) is 13.8 Å². The second-order valence-corrected chi connectivity index (χ2v) is 3.12. The van der Waals surface area contributed by atoms with Gasteiger partial charge in [-0.3, -0.25) is 4.48 Å². The smallest absolute Gasteiger partial charge is 0.189 e. The predicted molar refractivity (Wildman–Crippen MR) is 45.8 cm³/mol. The Hall–Kier alpha value is -0.920. The molecule has 2 N–H and O–H groups in total. The molecule has 0 rings (SSSR count). The lowest BCUT2D eigenvalue weighted by Crippen LogP contribution is -2.53. The maximum atomic E-state index is 9.06. The van der Waals surface area contributed by atoms with Gasteiger partial charge in [-0.2, -0.15) is 0 Å². The number of nitrogens with zero attached hydrogens (tertiary/aromatic N) is 2. The number of hydrogen-bond donors (Lipinski definition) is 2. The second-order valence-electron chi connectivity index (χ2n) is 3.12. The van der Waals surface area contributed by atoms with Crippen LogP contribution in [-0.4, -0.2) is 46.3 Å². The molecule has 0 aromatic carbocycles. The predicted octanol–water partition coefficient (Wildman–Crippen LogP) is -0.500. The summed E-state index contributed by atoms with van der Waals surface area (Å²) in [6, 6.07) is 0. The maximum Gasteiger partial charge on any atom is 0.189 e. The van der Waals surface area contributed by atoms with E-state index in [4.69, 9.17) is 25.5 Å². The molecule has 7 nitrogen and oxygen atoms in total. The molecule has 7 heteroatoms. The summed E-state index contributed by atoms with van der Waals surface area (Å²) in [6.45, 7) is 3.32. The summed E-state index contributed by atoms with van der Waals surface area (Å²) < 4.78 is 0.222. The van der Waals surface area contributed by atoms with Crippen LogP contribution in [0.25, 0.3) is 0 Å². The Morgan fingerprint density at radius 2 is 1.31 bits per heavy atom. The Morgan fingerprint density at radius 1 is 1.15 bits per heavy atom. The van der Waals surface area contributed by atoms with E-state index in [-0.39, 0.29) is 4.48 Å². The minimum atomic E-state index is -1.75. The van der Waals surface area contributed by atoms with Crippen molar-refractivity contribution in [1.82, 2.24) is 0 Å². The van der Waals surface area contributed by atoms with Gasteiger partial charge in [0.05, 0.1) is 19.2 Å². The maximum absolute atomic E-state index is 9.06. The van der Waals surface area contributed by atoms with Crippen molar-refractivity contribution in [2.75, 3.05) is 14.1 Å². The van der Waals surface area contributed by atoms with Crippen molar-refractivity contribution >= 4 is 0 Å². The van der Waals surface area contributed by atoms with Crippen molar-refractivity contribution in [1.29, 1.82) is 0 Å². The Balaban J connectivity index is 0. The molecule has 80 valence electrons. The first-order valence-electron chi connectivity index (χ1n) is 3.63. The topological polar surface area (TPSA) is 107 Å². The highest BCUT2D eigenvalue weighted by atomic mass is 16.9. The SMILES string of the molecule is CC(O)[N+](C)(C)C(C)O.O=[N+]([O-])[O-]. The van der Waals surface area contributed by atoms with E-state index in [1.165, 1.54) is 0 Å². The van der Waals surface area contributed by atoms with Crippen molar-refractivity contribution in [2.45, 2.75) is 26.3 Å². The van der Waals surface area contributed by atoms with Gasteiger partial charge in [-0.15, -0.1) is 0 Å². The largest absolute Gasteiger partial charge is 0.356 e. The zero-order chi connectivity index (χ0) is 11.2. The lowest BCUT2D eigenvalue weighted by molar-refractivity contribution is -0.974. The normalized spacial score (nSPS) is 15.2. The summed E-state index contributed by atoms with van der Waals surface area (Å²) in [5.41, 5.74) is 0. The van der Waals surface area contributed by atoms with Gasteiger partial charge >= 0.3 is 0 Å². The number of aliphatic hydroxyl groups is 2. The second kappa shape index (κ2) is 5.68. The highest BCUT2D eigenvalue weighted by Crippen LogP contribution is 2.07. The van der Waals surface area contributed by atoms with Crippen molar-refractivity contribution in [3.63, 3.8) is 0 Å². The van der Waals surface area contributed by atoms with Crippen molar-refractivity contribution in [3.8, 4) is 0 Å². The summed E-state index contributed by atoms with van der Waals surface area (Å²) in [6.07, 6.45) is -1.05. The molecule has 2 atom stereocenters. The van der Waals surface area contributed by atoms with Crippen LogP contribution in [-0.2, 0) is 0 Å². The molecule has 0 saturated carbocycles. The highest BCUT2D eigenvalue weighted by Gasteiger charge is 2.26. The van der Waals surface area contributed by atoms with E-state index < -0.39 is 17.5 Å². The van der Waals surface area contributed by atoms with Crippen LogP contribution in [0.3, 0.4) is 0 Å². The highest BCUT2D eigenvalue weighted by molar-refractivity contribution is 4.31. The minimum absolute atomic E-state index is 0.222. The molecule has 0 saturated heterocycles. The van der Waals surface area contributed by atoms with Gasteiger partial charge in [0.15, 0.2) is 12.5 Å². The van der Waals surface area contributed by atoms with E-state index in [0.29, 0.717) is 0 Å². The summed E-state index contributed by atoms with van der Waals surface area (Å²) in [4.78, 5) is 8.25. The van der Waals surface area contributed by atoms with E-state index in [1.807, 2.05) is 0 Å². The zero-order valence-corrected chi connectivity index (χ0v) is 8.17. The third kappa shape index (κ3) is 7.44. The molecule has 0 aliphatic carbocycles. The summed E-state index contributed by atoms with van der Waals surface area (Å²) in [5.74, 6) is 0. The molecular weight excluding hydrogens is 180 g/mol. The summed E-state index contributed by atoms with van der Waals surface area (Å²) in [5, 5.41) is 32.9. The van der Waals surface area contributed by atoms with Crippen LogP contribution in [0, 0.1) is 15.3 Å². The fraction of sp³-hybridized carbons (Fsp3) is 1.00. The Labute approximate surface area is 76.5 Å². The van der Waals surface area contributed by atoms with Crippen molar-refractivity contribution < 1.29 is 19.8 Å². The van der Waals surface area contributed by atoms with Crippen LogP contribution >= 0.6 is 0 Å². The van der Waals surface area contributed by atoms with Crippen LogP contribution in [0.15, 0.2) is 0 Å². The quantitative estimate of drug-likeness (QED) is 0.268. The number of aliphatic hydroxyl groups excluding tert-OH is 2. The molecule has 2 unspecified atom stereocenters. The molecule has 0 fully saturated rings. The molecular formula is C6H16N2O5. The average Bonchev–Trinajstić information content (AvgIpc) is 1.85. The first kappa shape index (κ1) is 14.6. The van der Waals surface area contributed by atoms with Gasteiger partial charge < -0.3 is 25.5 Å². The van der Waals surface area contributed by atoms with E-state index in [1.54, 1.807) is 27.9 Å². The van der Waals surface area contributed by atoms with E-state index in [2.05, 4.69) is 0 Å². The molecule has 0 heterocycles. The Kier molecular flexibility index (Phi) is 6.38. The van der Waals surface area contributed by atoms with Crippen LogP contribution in [0.4, 0.5) is 0 Å².